The van der Waals surface area contributed by atoms with Crippen LogP contribution in [0.1, 0.15) is 34.7 Å². The standard InChI is InChI=1S/C14H16BrFN2O3S/c15-10-5-8-9(7-1-3-22(20,21)4-2-7)6-18-13(8)11(12(10)16)14(17)19/h5-7,18,20-21H,1-4H2,(H2,17,19). The van der Waals surface area contributed by atoms with Gasteiger partial charge in [0.05, 0.1) is 9.99 Å². The molecule has 120 valence electrons. The number of primary amides is 1. The molecule has 2 aromatic rings. The Balaban J connectivity index is 2.08. The van der Waals surface area contributed by atoms with E-state index in [0.717, 1.165) is 10.9 Å². The summed E-state index contributed by atoms with van der Waals surface area (Å²) in [4.78, 5) is 14.5. The van der Waals surface area contributed by atoms with E-state index in [-0.39, 0.29) is 16.0 Å². The number of carbonyl (C=O) groups is 1. The lowest BCUT2D eigenvalue weighted by Gasteiger charge is -2.39. The molecule has 5 nitrogen and oxygen atoms in total. The number of nitrogens with one attached hydrogen (secondary N) is 1. The summed E-state index contributed by atoms with van der Waals surface area (Å²) >= 11 is 3.12. The van der Waals surface area contributed by atoms with E-state index in [0.29, 0.717) is 29.9 Å². The largest absolute Gasteiger partial charge is 0.365 e. The number of halogens is 2. The molecule has 0 bridgehead atoms. The molecule has 8 heteroatoms. The highest BCUT2D eigenvalue weighted by Crippen LogP contribution is 2.49. The molecule has 0 spiro atoms. The summed E-state index contributed by atoms with van der Waals surface area (Å²) in [5.74, 6) is -0.613. The predicted molar refractivity (Wildman–Crippen MR) is 89.0 cm³/mol. The van der Waals surface area contributed by atoms with E-state index in [1.807, 2.05) is 0 Å². The SMILES string of the molecule is NC(=O)c1c(F)c(Br)cc2c(C3CCS(O)(O)CC3)c[nH]c12. The zero-order chi connectivity index (χ0) is 16.1. The number of hydrogen-bond acceptors (Lipinski definition) is 3. The number of aromatic amines is 1. The molecule has 0 unspecified atom stereocenters. The van der Waals surface area contributed by atoms with Crippen molar-refractivity contribution >= 4 is 43.3 Å². The van der Waals surface area contributed by atoms with Gasteiger partial charge in [0, 0.05) is 23.1 Å². The maximum atomic E-state index is 14.1. The quantitative estimate of drug-likeness (QED) is 0.627. The van der Waals surface area contributed by atoms with Gasteiger partial charge in [-0.3, -0.25) is 13.9 Å². The fourth-order valence-corrected chi connectivity index (χ4v) is 4.98. The van der Waals surface area contributed by atoms with Crippen molar-refractivity contribution in [2.24, 2.45) is 5.73 Å². The fraction of sp³-hybridized carbons (Fsp3) is 0.357. The van der Waals surface area contributed by atoms with Gasteiger partial charge in [-0.2, -0.15) is 10.6 Å². The minimum absolute atomic E-state index is 0.145. The zero-order valence-electron chi connectivity index (χ0n) is 11.6. The molecule has 1 fully saturated rings. The molecule has 1 amide bonds. The predicted octanol–water partition coefficient (Wildman–Crippen LogP) is 3.80. The van der Waals surface area contributed by atoms with E-state index in [2.05, 4.69) is 20.9 Å². The first-order valence-corrected chi connectivity index (χ1v) is 9.50. The van der Waals surface area contributed by atoms with Gasteiger partial charge in [-0.25, -0.2) is 4.39 Å². The second-order valence-corrected chi connectivity index (χ2v) is 8.84. The van der Waals surface area contributed by atoms with Gasteiger partial charge >= 0.3 is 0 Å². The maximum Gasteiger partial charge on any atom is 0.253 e. The monoisotopic (exact) mass is 390 g/mol. The molecule has 0 saturated carbocycles. The normalized spacial score (nSPS) is 20.2. The lowest BCUT2D eigenvalue weighted by molar-refractivity contribution is 0.0998. The van der Waals surface area contributed by atoms with Crippen LogP contribution in [0.4, 0.5) is 4.39 Å². The van der Waals surface area contributed by atoms with Gasteiger partial charge in [0.2, 0.25) is 0 Å². The Morgan fingerprint density at radius 2 is 2.05 bits per heavy atom. The maximum absolute atomic E-state index is 14.1. The fourth-order valence-electron chi connectivity index (χ4n) is 3.02. The average Bonchev–Trinajstić information content (AvgIpc) is 2.82. The lowest BCUT2D eigenvalue weighted by atomic mass is 9.92. The highest BCUT2D eigenvalue weighted by Gasteiger charge is 2.28. The third-order valence-corrected chi connectivity index (χ3v) is 6.53. The molecular formula is C14H16BrFN2O3S. The average molecular weight is 391 g/mol. The van der Waals surface area contributed by atoms with Crippen LogP contribution in [-0.4, -0.2) is 31.5 Å². The smallest absolute Gasteiger partial charge is 0.253 e. The van der Waals surface area contributed by atoms with Crippen LogP contribution in [0.25, 0.3) is 10.9 Å². The van der Waals surface area contributed by atoms with E-state index in [4.69, 9.17) is 5.73 Å². The molecule has 1 aromatic heterocycles. The first-order valence-electron chi connectivity index (χ1n) is 6.82. The van der Waals surface area contributed by atoms with Gasteiger partial charge in [-0.15, -0.1) is 0 Å². The highest BCUT2D eigenvalue weighted by atomic mass is 79.9. The van der Waals surface area contributed by atoms with Crippen molar-refractivity contribution in [1.82, 2.24) is 4.98 Å². The zero-order valence-corrected chi connectivity index (χ0v) is 14.0. The summed E-state index contributed by atoms with van der Waals surface area (Å²) < 4.78 is 33.7. The molecule has 3 rings (SSSR count). The molecular weight excluding hydrogens is 375 g/mol. The summed E-state index contributed by atoms with van der Waals surface area (Å²) in [5.41, 5.74) is 6.47. The van der Waals surface area contributed by atoms with Crippen LogP contribution in [0.15, 0.2) is 16.7 Å². The molecule has 22 heavy (non-hydrogen) atoms. The first-order chi connectivity index (χ1) is 10.3. The third kappa shape index (κ3) is 2.64. The molecule has 1 aliphatic rings. The van der Waals surface area contributed by atoms with Crippen molar-refractivity contribution in [3.63, 3.8) is 0 Å². The van der Waals surface area contributed by atoms with E-state index in [9.17, 15) is 18.3 Å². The number of fused-ring (bicyclic) bond motifs is 1. The third-order valence-electron chi connectivity index (χ3n) is 4.18. The van der Waals surface area contributed by atoms with Crippen molar-refractivity contribution in [2.45, 2.75) is 18.8 Å². The van der Waals surface area contributed by atoms with E-state index in [1.54, 1.807) is 12.3 Å². The number of aromatic nitrogens is 1. The van der Waals surface area contributed by atoms with Gasteiger partial charge in [0.1, 0.15) is 5.56 Å². The van der Waals surface area contributed by atoms with Crippen LogP contribution in [0.5, 0.6) is 0 Å². The van der Waals surface area contributed by atoms with Gasteiger partial charge in [0.25, 0.3) is 5.91 Å². The van der Waals surface area contributed by atoms with Gasteiger partial charge in [0.15, 0.2) is 5.82 Å². The van der Waals surface area contributed by atoms with Crippen LogP contribution in [0.3, 0.4) is 0 Å². The van der Waals surface area contributed by atoms with Crippen molar-refractivity contribution in [2.75, 3.05) is 11.5 Å². The number of carbonyl (C=O) groups excluding carboxylic acids is 1. The summed E-state index contributed by atoms with van der Waals surface area (Å²) in [6, 6.07) is 1.63. The summed E-state index contributed by atoms with van der Waals surface area (Å²) in [5, 5.41) is 0.741. The van der Waals surface area contributed by atoms with Gasteiger partial charge in [-0.1, -0.05) is 0 Å². The number of nitrogens with two attached hydrogens (primary N) is 1. The lowest BCUT2D eigenvalue weighted by Crippen LogP contribution is -2.19. The number of benzene rings is 1. The van der Waals surface area contributed by atoms with Gasteiger partial charge in [-0.05, 0) is 46.3 Å². The molecule has 0 radical (unpaired) electrons. The second kappa shape index (κ2) is 5.52. The van der Waals surface area contributed by atoms with Crippen LogP contribution in [-0.2, 0) is 0 Å². The molecule has 1 saturated heterocycles. The number of amides is 1. The van der Waals surface area contributed by atoms with Crippen LogP contribution >= 0.6 is 26.5 Å². The number of hydrogen-bond donors (Lipinski definition) is 4. The summed E-state index contributed by atoms with van der Waals surface area (Å²) in [6.07, 6.45) is 3.05. The van der Waals surface area contributed by atoms with E-state index in [1.165, 1.54) is 0 Å². The van der Waals surface area contributed by atoms with Gasteiger partial charge < -0.3 is 10.7 Å². The molecule has 0 aliphatic carbocycles. The Labute approximate surface area is 136 Å². The number of rotatable bonds is 2. The van der Waals surface area contributed by atoms with Crippen molar-refractivity contribution in [3.8, 4) is 0 Å². The molecule has 5 N–H and O–H groups in total. The summed E-state index contributed by atoms with van der Waals surface area (Å²) in [7, 11) is -2.45. The minimum atomic E-state index is -2.45. The minimum Gasteiger partial charge on any atom is -0.365 e. The Hall–Kier alpha value is -1.09. The van der Waals surface area contributed by atoms with Crippen molar-refractivity contribution < 1.29 is 18.3 Å². The van der Waals surface area contributed by atoms with Crippen LogP contribution < -0.4 is 5.73 Å². The molecule has 1 aliphatic heterocycles. The topological polar surface area (TPSA) is 99.3 Å². The van der Waals surface area contributed by atoms with Crippen LogP contribution in [0.2, 0.25) is 0 Å². The molecule has 1 aromatic carbocycles. The first kappa shape index (κ1) is 15.8. The van der Waals surface area contributed by atoms with Crippen molar-refractivity contribution in [3.05, 3.63) is 33.7 Å². The Kier molecular flexibility index (Phi) is 3.96. The van der Waals surface area contributed by atoms with Crippen molar-refractivity contribution in [1.29, 1.82) is 0 Å². The Bertz CT molecular complexity index is 752. The second-order valence-electron chi connectivity index (χ2n) is 5.56. The molecule has 0 atom stereocenters. The Morgan fingerprint density at radius 1 is 1.41 bits per heavy atom. The highest BCUT2D eigenvalue weighted by molar-refractivity contribution is 9.10. The molecule has 2 heterocycles. The van der Waals surface area contributed by atoms with E-state index >= 15 is 0 Å². The summed E-state index contributed by atoms with van der Waals surface area (Å²) in [6.45, 7) is 0. The van der Waals surface area contributed by atoms with Crippen LogP contribution in [0, 0.1) is 5.82 Å². The van der Waals surface area contributed by atoms with E-state index < -0.39 is 22.3 Å². The Morgan fingerprint density at radius 3 is 2.64 bits per heavy atom. The number of H-pyrrole nitrogens is 1.